The Hall–Kier alpha value is -1.63. The van der Waals surface area contributed by atoms with Gasteiger partial charge in [0.1, 0.15) is 17.8 Å². The molecule has 0 aliphatic carbocycles. The van der Waals surface area contributed by atoms with Crippen molar-refractivity contribution in [2.75, 3.05) is 5.32 Å². The van der Waals surface area contributed by atoms with Crippen LogP contribution < -0.4 is 5.32 Å². The van der Waals surface area contributed by atoms with Gasteiger partial charge in [0.2, 0.25) is 0 Å². The number of halogens is 1. The van der Waals surface area contributed by atoms with Crippen molar-refractivity contribution in [1.82, 2.24) is 15.0 Å². The summed E-state index contributed by atoms with van der Waals surface area (Å²) in [5, 5.41) is 4.32. The highest BCUT2D eigenvalue weighted by atomic mass is 127. The van der Waals surface area contributed by atoms with Crippen LogP contribution in [0.2, 0.25) is 0 Å². The van der Waals surface area contributed by atoms with Crippen LogP contribution in [0.15, 0.2) is 42.9 Å². The zero-order chi connectivity index (χ0) is 11.7. The molecule has 0 saturated carbocycles. The molecule has 17 heavy (non-hydrogen) atoms. The molecule has 1 aromatic carbocycles. The third-order valence-electron chi connectivity index (χ3n) is 2.46. The third kappa shape index (κ3) is 1.97. The van der Waals surface area contributed by atoms with Crippen molar-refractivity contribution in [3.8, 4) is 0 Å². The molecule has 3 rings (SSSR count). The van der Waals surface area contributed by atoms with Gasteiger partial charge in [-0.3, -0.25) is 0 Å². The lowest BCUT2D eigenvalue weighted by molar-refractivity contribution is 1.20. The quantitative estimate of drug-likeness (QED) is 0.706. The van der Waals surface area contributed by atoms with E-state index >= 15 is 0 Å². The van der Waals surface area contributed by atoms with Gasteiger partial charge >= 0.3 is 0 Å². The van der Waals surface area contributed by atoms with Crippen LogP contribution in [0.1, 0.15) is 0 Å². The van der Waals surface area contributed by atoms with Crippen LogP contribution in [0.4, 0.5) is 11.5 Å². The number of para-hydroxylation sites is 1. The van der Waals surface area contributed by atoms with Crippen LogP contribution in [-0.4, -0.2) is 15.0 Å². The number of hydrogen-bond acceptors (Lipinski definition) is 3. The van der Waals surface area contributed by atoms with Gasteiger partial charge in [-0.1, -0.05) is 18.2 Å². The first-order chi connectivity index (χ1) is 8.34. The Kier molecular flexibility index (Phi) is 2.68. The van der Waals surface area contributed by atoms with E-state index in [0.717, 1.165) is 26.1 Å². The Balaban J connectivity index is 2.09. The lowest BCUT2D eigenvalue weighted by Gasteiger charge is -2.06. The maximum Gasteiger partial charge on any atom is 0.144 e. The summed E-state index contributed by atoms with van der Waals surface area (Å²) in [5.41, 5.74) is 1.87. The minimum absolute atomic E-state index is 0.826. The number of nitrogens with one attached hydrogen (secondary N) is 2. The van der Waals surface area contributed by atoms with Crippen molar-refractivity contribution >= 4 is 45.1 Å². The molecule has 0 saturated heterocycles. The molecule has 2 aromatic heterocycles. The number of hydrogen-bond donors (Lipinski definition) is 2. The molecule has 5 heteroatoms. The summed E-state index contributed by atoms with van der Waals surface area (Å²) < 4.78 is 1.11. The molecule has 0 aliphatic rings. The van der Waals surface area contributed by atoms with E-state index in [2.05, 4.69) is 42.9 Å². The summed E-state index contributed by atoms with van der Waals surface area (Å²) in [4.78, 5) is 11.6. The van der Waals surface area contributed by atoms with Crippen molar-refractivity contribution in [3.63, 3.8) is 0 Å². The molecule has 0 bridgehead atoms. The largest absolute Gasteiger partial charge is 0.345 e. The molecule has 0 atom stereocenters. The molecule has 4 nitrogen and oxygen atoms in total. The number of benzene rings is 1. The molecule has 2 N–H and O–H groups in total. The van der Waals surface area contributed by atoms with Crippen LogP contribution in [0.25, 0.3) is 11.0 Å². The maximum atomic E-state index is 4.29. The molecule has 3 aromatic rings. The average Bonchev–Trinajstić information content (AvgIpc) is 2.74. The number of aromatic amines is 1. The van der Waals surface area contributed by atoms with E-state index in [-0.39, 0.29) is 0 Å². The van der Waals surface area contributed by atoms with Crippen molar-refractivity contribution < 1.29 is 0 Å². The zero-order valence-electron chi connectivity index (χ0n) is 8.81. The fourth-order valence-corrected chi connectivity index (χ4v) is 2.34. The average molecular weight is 336 g/mol. The van der Waals surface area contributed by atoms with Crippen LogP contribution in [0, 0.1) is 3.57 Å². The first-order valence-corrected chi connectivity index (χ1v) is 6.22. The lowest BCUT2D eigenvalue weighted by atomic mass is 10.3. The smallest absolute Gasteiger partial charge is 0.144 e. The topological polar surface area (TPSA) is 53.6 Å². The van der Waals surface area contributed by atoms with Gasteiger partial charge in [0.25, 0.3) is 0 Å². The second kappa shape index (κ2) is 4.33. The van der Waals surface area contributed by atoms with Gasteiger partial charge in [-0.15, -0.1) is 0 Å². The van der Waals surface area contributed by atoms with Gasteiger partial charge in [-0.2, -0.15) is 0 Å². The van der Waals surface area contributed by atoms with E-state index in [0.29, 0.717) is 0 Å². The molecule has 0 unspecified atom stereocenters. The number of rotatable bonds is 2. The molecule has 0 aliphatic heterocycles. The molecular weight excluding hydrogens is 327 g/mol. The van der Waals surface area contributed by atoms with Crippen molar-refractivity contribution in [1.29, 1.82) is 0 Å². The molecule has 84 valence electrons. The molecular formula is C12H9IN4. The minimum atomic E-state index is 0.826. The van der Waals surface area contributed by atoms with Gasteiger partial charge in [0.05, 0.1) is 5.39 Å². The van der Waals surface area contributed by atoms with Crippen LogP contribution in [0.3, 0.4) is 0 Å². The highest BCUT2D eigenvalue weighted by Crippen LogP contribution is 2.26. The number of anilines is 2. The standard InChI is InChI=1S/C12H9IN4/c13-9-6-14-11-10(9)12(16-7-15-11)17-8-4-2-1-3-5-8/h1-7H,(H2,14,15,16,17). The second-order valence-electron chi connectivity index (χ2n) is 3.57. The van der Waals surface area contributed by atoms with Gasteiger partial charge in [0.15, 0.2) is 0 Å². The monoisotopic (exact) mass is 336 g/mol. The first kappa shape index (κ1) is 10.5. The van der Waals surface area contributed by atoms with Gasteiger partial charge in [-0.25, -0.2) is 9.97 Å². The summed E-state index contributed by atoms with van der Waals surface area (Å²) in [6, 6.07) is 9.98. The Morgan fingerprint density at radius 3 is 2.76 bits per heavy atom. The summed E-state index contributed by atoms with van der Waals surface area (Å²) in [6.45, 7) is 0. The van der Waals surface area contributed by atoms with Gasteiger partial charge in [0, 0.05) is 15.5 Å². The van der Waals surface area contributed by atoms with Gasteiger partial charge in [-0.05, 0) is 34.7 Å². The summed E-state index contributed by atoms with van der Waals surface area (Å²) in [5.74, 6) is 0.826. The Labute approximate surface area is 112 Å². The van der Waals surface area contributed by atoms with Crippen molar-refractivity contribution in [3.05, 3.63) is 46.4 Å². The van der Waals surface area contributed by atoms with Crippen molar-refractivity contribution in [2.45, 2.75) is 0 Å². The molecule has 2 heterocycles. The van der Waals surface area contributed by atoms with E-state index < -0.39 is 0 Å². The highest BCUT2D eigenvalue weighted by Gasteiger charge is 2.08. The SMILES string of the molecule is Ic1c[nH]c2ncnc(Nc3ccccc3)c12. The molecule has 0 radical (unpaired) electrons. The fraction of sp³-hybridized carbons (Fsp3) is 0. The van der Waals surface area contributed by atoms with E-state index in [9.17, 15) is 0 Å². The van der Waals surface area contributed by atoms with E-state index in [1.807, 2.05) is 36.5 Å². The third-order valence-corrected chi connectivity index (χ3v) is 3.31. The van der Waals surface area contributed by atoms with E-state index in [1.54, 1.807) is 6.33 Å². The van der Waals surface area contributed by atoms with Crippen LogP contribution in [-0.2, 0) is 0 Å². The summed E-state index contributed by atoms with van der Waals surface area (Å²) in [7, 11) is 0. The number of fused-ring (bicyclic) bond motifs is 1. The van der Waals surface area contributed by atoms with Crippen molar-refractivity contribution in [2.24, 2.45) is 0 Å². The summed E-state index contributed by atoms with van der Waals surface area (Å²) in [6.07, 6.45) is 3.48. The minimum Gasteiger partial charge on any atom is -0.345 e. The Morgan fingerprint density at radius 2 is 1.94 bits per heavy atom. The summed E-state index contributed by atoms with van der Waals surface area (Å²) >= 11 is 2.27. The van der Waals surface area contributed by atoms with Gasteiger partial charge < -0.3 is 10.3 Å². The highest BCUT2D eigenvalue weighted by molar-refractivity contribution is 14.1. The number of aromatic nitrogens is 3. The zero-order valence-corrected chi connectivity index (χ0v) is 11.0. The van der Waals surface area contributed by atoms with E-state index in [4.69, 9.17) is 0 Å². The fourth-order valence-electron chi connectivity index (χ4n) is 1.68. The van der Waals surface area contributed by atoms with Crippen LogP contribution >= 0.6 is 22.6 Å². The molecule has 0 amide bonds. The Morgan fingerprint density at radius 1 is 1.12 bits per heavy atom. The Bertz CT molecular complexity index is 648. The van der Waals surface area contributed by atoms with E-state index in [1.165, 1.54) is 0 Å². The number of nitrogens with zero attached hydrogens (tertiary/aromatic N) is 2. The predicted molar refractivity (Wildman–Crippen MR) is 76.3 cm³/mol. The van der Waals surface area contributed by atoms with Crippen LogP contribution in [0.5, 0.6) is 0 Å². The second-order valence-corrected chi connectivity index (χ2v) is 4.74. The lowest BCUT2D eigenvalue weighted by Crippen LogP contribution is -1.95. The number of H-pyrrole nitrogens is 1. The normalized spacial score (nSPS) is 10.6. The predicted octanol–water partition coefficient (Wildman–Crippen LogP) is 3.31. The maximum absolute atomic E-state index is 4.29. The molecule has 0 fully saturated rings. The first-order valence-electron chi connectivity index (χ1n) is 5.14. The molecule has 0 spiro atoms.